The lowest BCUT2D eigenvalue weighted by Gasteiger charge is -2.23. The molecule has 162 valence electrons. The summed E-state index contributed by atoms with van der Waals surface area (Å²) in [6, 6.07) is 25.6. The van der Waals surface area contributed by atoms with Crippen LogP contribution >= 0.6 is 0 Å². The summed E-state index contributed by atoms with van der Waals surface area (Å²) in [4.78, 5) is 14.4. The number of pyridine rings is 1. The predicted molar refractivity (Wildman–Crippen MR) is 133 cm³/mol. The summed E-state index contributed by atoms with van der Waals surface area (Å²) < 4.78 is 2.30. The van der Waals surface area contributed by atoms with Crippen molar-refractivity contribution in [1.82, 2.24) is 14.5 Å². The summed E-state index contributed by atoms with van der Waals surface area (Å²) in [6.07, 6.45) is 7.17. The Balaban J connectivity index is 1.64. The first kappa shape index (κ1) is 19.7. The zero-order valence-corrected chi connectivity index (χ0v) is 18.6. The van der Waals surface area contributed by atoms with Crippen LogP contribution in [0.5, 0.6) is 0 Å². The molecule has 1 aliphatic heterocycles. The molecule has 0 spiro atoms. The molecule has 2 heterocycles. The fourth-order valence-corrected chi connectivity index (χ4v) is 4.33. The third-order valence-corrected chi connectivity index (χ3v) is 6.33. The molecule has 5 nitrogen and oxygen atoms in total. The van der Waals surface area contributed by atoms with Crippen LogP contribution in [0.1, 0.15) is 24.8 Å². The third-order valence-electron chi connectivity index (χ3n) is 6.33. The van der Waals surface area contributed by atoms with Crippen molar-refractivity contribution < 1.29 is 0 Å². The van der Waals surface area contributed by atoms with E-state index in [1.807, 2.05) is 24.4 Å². The maximum absolute atomic E-state index is 5.12. The monoisotopic (exact) mass is 431 g/mol. The van der Waals surface area contributed by atoms with E-state index in [1.54, 1.807) is 6.20 Å². The second kappa shape index (κ2) is 8.17. The molecule has 5 heteroatoms. The van der Waals surface area contributed by atoms with Gasteiger partial charge in [-0.25, -0.2) is 4.98 Å². The molecule has 1 N–H and O–H groups in total. The van der Waals surface area contributed by atoms with Crippen molar-refractivity contribution in [2.45, 2.75) is 32.2 Å². The lowest BCUT2D eigenvalue weighted by molar-refractivity contribution is 0.413. The second-order valence-electron chi connectivity index (χ2n) is 8.71. The molecular weight excluding hydrogens is 406 g/mol. The van der Waals surface area contributed by atoms with Crippen LogP contribution < -0.4 is 10.7 Å². The van der Waals surface area contributed by atoms with Crippen LogP contribution in [0.4, 0.5) is 11.4 Å². The molecule has 6 rings (SSSR count). The summed E-state index contributed by atoms with van der Waals surface area (Å²) >= 11 is 0. The van der Waals surface area contributed by atoms with Gasteiger partial charge in [0.05, 0.1) is 51.4 Å². The first-order valence-electron chi connectivity index (χ1n) is 11.5. The number of fused-ring (bicyclic) bond motifs is 2. The van der Waals surface area contributed by atoms with Crippen LogP contribution in [-0.4, -0.2) is 20.6 Å². The van der Waals surface area contributed by atoms with Gasteiger partial charge in [-0.2, -0.15) is 0 Å². The zero-order valence-electron chi connectivity index (χ0n) is 18.6. The third kappa shape index (κ3) is 3.76. The number of hydrogen-bond donors (Lipinski definition) is 1. The Morgan fingerprint density at radius 3 is 2.58 bits per heavy atom. The van der Waals surface area contributed by atoms with Gasteiger partial charge in [0.25, 0.3) is 0 Å². The summed E-state index contributed by atoms with van der Waals surface area (Å²) in [5.74, 6) is 0. The highest BCUT2D eigenvalue weighted by atomic mass is 15.0. The summed E-state index contributed by atoms with van der Waals surface area (Å²) in [5.41, 5.74) is 8.27. The maximum Gasteiger partial charge on any atom is 0.0900 e. The Kier molecular flexibility index (Phi) is 4.87. The number of benzene rings is 3. The van der Waals surface area contributed by atoms with E-state index >= 15 is 0 Å². The number of anilines is 2. The van der Waals surface area contributed by atoms with Gasteiger partial charge in [-0.3, -0.25) is 9.98 Å². The van der Waals surface area contributed by atoms with Crippen molar-refractivity contribution in [2.24, 2.45) is 4.99 Å². The second-order valence-corrected chi connectivity index (χ2v) is 8.71. The Bertz CT molecular complexity index is 1460. The number of para-hydroxylation sites is 2. The Labute approximate surface area is 192 Å². The van der Waals surface area contributed by atoms with Gasteiger partial charge in [-0.1, -0.05) is 29.8 Å². The molecule has 0 amide bonds. The molecule has 2 aliphatic carbocycles. The molecule has 33 heavy (non-hydrogen) atoms. The average molecular weight is 432 g/mol. The van der Waals surface area contributed by atoms with Crippen molar-refractivity contribution in [1.29, 1.82) is 0 Å². The normalized spacial score (nSPS) is 14.5. The van der Waals surface area contributed by atoms with Gasteiger partial charge in [0, 0.05) is 11.9 Å². The summed E-state index contributed by atoms with van der Waals surface area (Å²) in [6.45, 7) is 2.11. The molecule has 0 radical (unpaired) electrons. The van der Waals surface area contributed by atoms with Crippen LogP contribution in [0.15, 0.2) is 90.2 Å². The molecule has 1 saturated carbocycles. The smallest absolute Gasteiger partial charge is 0.0900 e. The molecular formula is C28H25N5. The molecule has 0 unspecified atom stereocenters. The predicted octanol–water partition coefficient (Wildman–Crippen LogP) is 6.03. The van der Waals surface area contributed by atoms with Crippen LogP contribution in [0, 0.1) is 6.92 Å². The Hall–Kier alpha value is -3.99. The molecule has 1 aromatic heterocycles. The van der Waals surface area contributed by atoms with Gasteiger partial charge < -0.3 is 9.88 Å². The van der Waals surface area contributed by atoms with Crippen LogP contribution in [0.2, 0.25) is 0 Å². The highest BCUT2D eigenvalue weighted by molar-refractivity contribution is 5.84. The lowest BCUT2D eigenvalue weighted by Crippen LogP contribution is -2.22. The molecule has 0 saturated heterocycles. The first-order valence-corrected chi connectivity index (χ1v) is 11.5. The lowest BCUT2D eigenvalue weighted by atomic mass is 9.94. The number of nitrogens with zero attached hydrogens (tertiary/aromatic N) is 4. The van der Waals surface area contributed by atoms with E-state index in [-0.39, 0.29) is 0 Å². The van der Waals surface area contributed by atoms with Crippen molar-refractivity contribution in [3.8, 4) is 17.1 Å². The number of nitrogens with one attached hydrogen (secondary N) is 1. The molecule has 2 aromatic carbocycles. The number of aromatic nitrogens is 3. The largest absolute Gasteiger partial charge is 0.352 e. The molecule has 3 aliphatic rings. The average Bonchev–Trinajstić information content (AvgIpc) is 2.81. The minimum atomic E-state index is 0.387. The summed E-state index contributed by atoms with van der Waals surface area (Å²) in [5, 5.41) is 4.49. The molecule has 1 fully saturated rings. The van der Waals surface area contributed by atoms with Gasteiger partial charge in [-0.05, 0) is 74.7 Å². The van der Waals surface area contributed by atoms with E-state index in [4.69, 9.17) is 9.98 Å². The van der Waals surface area contributed by atoms with E-state index < -0.39 is 0 Å². The van der Waals surface area contributed by atoms with Gasteiger partial charge in [0.1, 0.15) is 0 Å². The maximum atomic E-state index is 5.12. The molecule has 0 atom stereocenters. The highest BCUT2D eigenvalue weighted by Crippen LogP contribution is 2.31. The fraction of sp³-hybridized carbons (Fsp3) is 0.179. The fourth-order valence-electron chi connectivity index (χ4n) is 4.33. The topological polar surface area (TPSA) is 55.1 Å². The Morgan fingerprint density at radius 2 is 1.82 bits per heavy atom. The first-order chi connectivity index (χ1) is 16.2. The van der Waals surface area contributed by atoms with Gasteiger partial charge in [0.2, 0.25) is 0 Å². The van der Waals surface area contributed by atoms with E-state index in [1.165, 1.54) is 12.0 Å². The molecule has 3 aromatic rings. The van der Waals surface area contributed by atoms with Crippen LogP contribution in [-0.2, 0) is 0 Å². The standard InChI is InChI=1S/C28H25N5/c1-19-11-13-22(14-12-19)33-27-10-3-2-9-23(27)32-26-16-24(31-21-8-5-15-29-18-21)25(17-28(26)33)30-20-6-4-7-20/h2-3,5,8-18,20,31H,4,6-7H2,1H3/b30-25+. The van der Waals surface area contributed by atoms with Crippen molar-refractivity contribution in [3.05, 3.63) is 96.1 Å². The number of hydrogen-bond acceptors (Lipinski definition) is 4. The van der Waals surface area contributed by atoms with Crippen molar-refractivity contribution >= 4 is 22.4 Å². The number of rotatable bonds is 4. The van der Waals surface area contributed by atoms with E-state index in [0.29, 0.717) is 6.04 Å². The highest BCUT2D eigenvalue weighted by Gasteiger charge is 2.19. The van der Waals surface area contributed by atoms with Gasteiger partial charge >= 0.3 is 0 Å². The zero-order chi connectivity index (χ0) is 22.2. The van der Waals surface area contributed by atoms with Crippen LogP contribution in [0.3, 0.4) is 0 Å². The van der Waals surface area contributed by atoms with Crippen molar-refractivity contribution in [2.75, 3.05) is 5.32 Å². The van der Waals surface area contributed by atoms with E-state index in [0.717, 1.165) is 57.7 Å². The van der Waals surface area contributed by atoms with Crippen LogP contribution in [0.25, 0.3) is 28.1 Å². The quantitative estimate of drug-likeness (QED) is 0.354. The Morgan fingerprint density at radius 1 is 0.970 bits per heavy atom. The minimum absolute atomic E-state index is 0.387. The number of aryl methyl sites for hydroxylation is 1. The van der Waals surface area contributed by atoms with E-state index in [9.17, 15) is 0 Å². The minimum Gasteiger partial charge on any atom is -0.352 e. The van der Waals surface area contributed by atoms with E-state index in [2.05, 4.69) is 76.4 Å². The molecule has 0 bridgehead atoms. The summed E-state index contributed by atoms with van der Waals surface area (Å²) in [7, 11) is 0. The SMILES string of the molecule is Cc1ccc(-n2c3c/c(=N\C4CCC4)c(Nc4cccnc4)cc-3nc3ccccc32)cc1. The van der Waals surface area contributed by atoms with Gasteiger partial charge in [0.15, 0.2) is 0 Å². The van der Waals surface area contributed by atoms with Gasteiger partial charge in [-0.15, -0.1) is 0 Å². The van der Waals surface area contributed by atoms with Crippen molar-refractivity contribution in [3.63, 3.8) is 0 Å².